The Morgan fingerprint density at radius 3 is 2.83 bits per heavy atom. The molecule has 1 fully saturated rings. The predicted molar refractivity (Wildman–Crippen MR) is 74.3 cm³/mol. The van der Waals surface area contributed by atoms with E-state index in [2.05, 4.69) is 12.1 Å². The number of Topliss-reactive ketones (excluding diaryl/α,β-unsaturated/α-hetero) is 1. The van der Waals surface area contributed by atoms with Gasteiger partial charge in [-0.2, -0.15) is 0 Å². The minimum Gasteiger partial charge on any atom is -0.381 e. The molecule has 1 aromatic heterocycles. The number of ether oxygens (including phenoxy) is 1. The Hall–Kier alpha value is -1.19. The largest absolute Gasteiger partial charge is 0.381 e. The van der Waals surface area contributed by atoms with Crippen LogP contribution in [0, 0.1) is 5.92 Å². The van der Waals surface area contributed by atoms with Gasteiger partial charge in [0.1, 0.15) is 0 Å². The van der Waals surface area contributed by atoms with Crippen LogP contribution in [0.4, 0.5) is 0 Å². The first-order valence-electron chi connectivity index (χ1n) is 6.42. The average Bonchev–Trinajstić information content (AvgIpc) is 2.84. The second kappa shape index (κ2) is 5.21. The summed E-state index contributed by atoms with van der Waals surface area (Å²) >= 11 is 1.61. The molecule has 0 spiro atoms. The van der Waals surface area contributed by atoms with Crippen molar-refractivity contribution in [2.75, 3.05) is 13.2 Å². The van der Waals surface area contributed by atoms with Crippen molar-refractivity contribution in [2.45, 2.75) is 19.3 Å². The number of hydrogen-bond donors (Lipinski definition) is 0. The van der Waals surface area contributed by atoms with Crippen LogP contribution in [0.2, 0.25) is 0 Å². The fourth-order valence-corrected chi connectivity index (χ4v) is 3.44. The van der Waals surface area contributed by atoms with Crippen LogP contribution in [0.25, 0.3) is 10.1 Å². The Kier molecular flexibility index (Phi) is 3.43. The average molecular weight is 260 g/mol. The number of thiophene rings is 1. The zero-order chi connectivity index (χ0) is 12.4. The van der Waals surface area contributed by atoms with Crippen molar-refractivity contribution >= 4 is 27.2 Å². The van der Waals surface area contributed by atoms with Gasteiger partial charge < -0.3 is 4.74 Å². The van der Waals surface area contributed by atoms with Gasteiger partial charge in [-0.25, -0.2) is 0 Å². The van der Waals surface area contributed by atoms with E-state index in [9.17, 15) is 4.79 Å². The number of benzene rings is 1. The lowest BCUT2D eigenvalue weighted by Crippen LogP contribution is -2.18. The molecule has 94 valence electrons. The fraction of sp³-hybridized carbons (Fsp3) is 0.400. The third kappa shape index (κ3) is 2.47. The molecule has 1 aromatic carbocycles. The molecule has 2 heterocycles. The Morgan fingerprint density at radius 2 is 2.06 bits per heavy atom. The van der Waals surface area contributed by atoms with E-state index in [1.165, 1.54) is 10.1 Å². The topological polar surface area (TPSA) is 26.3 Å². The molecule has 0 amide bonds. The molecule has 3 heteroatoms. The maximum Gasteiger partial charge on any atom is 0.173 e. The second-order valence-electron chi connectivity index (χ2n) is 4.83. The molecule has 1 aliphatic heterocycles. The van der Waals surface area contributed by atoms with Crippen LogP contribution in [0.15, 0.2) is 30.3 Å². The summed E-state index contributed by atoms with van der Waals surface area (Å²) in [5.74, 6) is 0.805. The summed E-state index contributed by atoms with van der Waals surface area (Å²) in [7, 11) is 0. The van der Waals surface area contributed by atoms with Gasteiger partial charge in [0, 0.05) is 24.3 Å². The van der Waals surface area contributed by atoms with Crippen LogP contribution in [0.1, 0.15) is 28.9 Å². The molecule has 0 N–H and O–H groups in total. The molecule has 0 saturated carbocycles. The van der Waals surface area contributed by atoms with Crippen molar-refractivity contribution in [1.82, 2.24) is 0 Å². The van der Waals surface area contributed by atoms with E-state index in [0.717, 1.165) is 30.9 Å². The standard InChI is InChI=1S/C15H16O2S/c16-13(9-11-5-7-17-8-6-11)15-10-12-3-1-2-4-14(12)18-15/h1-4,10-11H,5-9H2. The van der Waals surface area contributed by atoms with Crippen LogP contribution in [-0.2, 0) is 4.74 Å². The van der Waals surface area contributed by atoms with Crippen LogP contribution in [0.3, 0.4) is 0 Å². The van der Waals surface area contributed by atoms with Gasteiger partial charge in [0.2, 0.25) is 0 Å². The highest BCUT2D eigenvalue weighted by Gasteiger charge is 2.19. The van der Waals surface area contributed by atoms with Crippen LogP contribution >= 0.6 is 11.3 Å². The molecule has 1 aliphatic rings. The van der Waals surface area contributed by atoms with Crippen molar-refractivity contribution in [3.63, 3.8) is 0 Å². The minimum absolute atomic E-state index is 0.295. The lowest BCUT2D eigenvalue weighted by atomic mass is 9.94. The van der Waals surface area contributed by atoms with Crippen molar-refractivity contribution in [1.29, 1.82) is 0 Å². The Morgan fingerprint density at radius 1 is 1.28 bits per heavy atom. The Bertz CT molecular complexity index is 519. The summed E-state index contributed by atoms with van der Waals surface area (Å²) < 4.78 is 6.53. The van der Waals surface area contributed by atoms with Crippen LogP contribution < -0.4 is 0 Å². The van der Waals surface area contributed by atoms with E-state index in [0.29, 0.717) is 18.1 Å². The van der Waals surface area contributed by atoms with Crippen LogP contribution in [-0.4, -0.2) is 19.0 Å². The highest BCUT2D eigenvalue weighted by atomic mass is 32.1. The normalized spacial score (nSPS) is 17.1. The predicted octanol–water partition coefficient (Wildman–Crippen LogP) is 3.90. The number of carbonyl (C=O) groups is 1. The van der Waals surface area contributed by atoms with Gasteiger partial charge in [-0.15, -0.1) is 11.3 Å². The molecular weight excluding hydrogens is 244 g/mol. The molecule has 18 heavy (non-hydrogen) atoms. The highest BCUT2D eigenvalue weighted by molar-refractivity contribution is 7.20. The van der Waals surface area contributed by atoms with E-state index in [1.807, 2.05) is 18.2 Å². The monoisotopic (exact) mass is 260 g/mol. The van der Waals surface area contributed by atoms with Crippen molar-refractivity contribution in [3.05, 3.63) is 35.2 Å². The first-order valence-corrected chi connectivity index (χ1v) is 7.24. The van der Waals surface area contributed by atoms with Gasteiger partial charge >= 0.3 is 0 Å². The van der Waals surface area contributed by atoms with E-state index in [1.54, 1.807) is 11.3 Å². The number of fused-ring (bicyclic) bond motifs is 1. The highest BCUT2D eigenvalue weighted by Crippen LogP contribution is 2.28. The minimum atomic E-state index is 0.295. The molecule has 0 aliphatic carbocycles. The molecular formula is C15H16O2S. The van der Waals surface area contributed by atoms with Crippen molar-refractivity contribution < 1.29 is 9.53 Å². The molecule has 0 bridgehead atoms. The molecule has 0 unspecified atom stereocenters. The van der Waals surface area contributed by atoms with Gasteiger partial charge in [-0.3, -0.25) is 4.79 Å². The summed E-state index contributed by atoms with van der Waals surface area (Å²) in [5.41, 5.74) is 0. The molecule has 0 radical (unpaired) electrons. The SMILES string of the molecule is O=C(CC1CCOCC1)c1cc2ccccc2s1. The third-order valence-corrected chi connectivity index (χ3v) is 4.67. The van der Waals surface area contributed by atoms with Crippen LogP contribution in [0.5, 0.6) is 0 Å². The van der Waals surface area contributed by atoms with Gasteiger partial charge in [0.25, 0.3) is 0 Å². The second-order valence-corrected chi connectivity index (χ2v) is 5.92. The maximum absolute atomic E-state index is 12.3. The van der Waals surface area contributed by atoms with E-state index >= 15 is 0 Å². The summed E-state index contributed by atoms with van der Waals surface area (Å²) in [6.07, 6.45) is 2.73. The first-order chi connectivity index (χ1) is 8.83. The van der Waals surface area contributed by atoms with Crippen molar-refractivity contribution in [3.8, 4) is 0 Å². The van der Waals surface area contributed by atoms with Gasteiger partial charge in [0.15, 0.2) is 5.78 Å². The summed E-state index contributed by atoms with van der Waals surface area (Å²) in [5, 5.41) is 1.18. The lowest BCUT2D eigenvalue weighted by molar-refractivity contribution is 0.0602. The molecule has 2 aromatic rings. The van der Waals surface area contributed by atoms with Gasteiger partial charge in [-0.1, -0.05) is 18.2 Å². The summed E-state index contributed by atoms with van der Waals surface area (Å²) in [4.78, 5) is 13.2. The Labute approximate surface area is 111 Å². The lowest BCUT2D eigenvalue weighted by Gasteiger charge is -2.20. The summed E-state index contributed by atoms with van der Waals surface area (Å²) in [6, 6.07) is 10.2. The number of ketones is 1. The number of rotatable bonds is 3. The smallest absolute Gasteiger partial charge is 0.173 e. The van der Waals surface area contributed by atoms with E-state index < -0.39 is 0 Å². The molecule has 2 nitrogen and oxygen atoms in total. The quantitative estimate of drug-likeness (QED) is 0.782. The zero-order valence-electron chi connectivity index (χ0n) is 10.2. The van der Waals surface area contributed by atoms with E-state index in [-0.39, 0.29) is 0 Å². The molecule has 0 atom stereocenters. The number of carbonyl (C=O) groups excluding carboxylic acids is 1. The Balaban J connectivity index is 1.74. The number of hydrogen-bond acceptors (Lipinski definition) is 3. The first kappa shape index (κ1) is 11.9. The molecule has 1 saturated heterocycles. The van der Waals surface area contributed by atoms with Gasteiger partial charge in [-0.05, 0) is 36.3 Å². The van der Waals surface area contributed by atoms with Crippen molar-refractivity contribution in [2.24, 2.45) is 5.92 Å². The van der Waals surface area contributed by atoms with E-state index in [4.69, 9.17) is 4.74 Å². The zero-order valence-corrected chi connectivity index (χ0v) is 11.0. The van der Waals surface area contributed by atoms with Gasteiger partial charge in [0.05, 0.1) is 4.88 Å². The third-order valence-electron chi connectivity index (χ3n) is 3.52. The summed E-state index contributed by atoms with van der Waals surface area (Å²) in [6.45, 7) is 1.62. The fourth-order valence-electron chi connectivity index (χ4n) is 2.43. The maximum atomic E-state index is 12.3. The molecule has 3 rings (SSSR count).